The number of hydrogen-bond acceptors (Lipinski definition) is 6. The fourth-order valence-electron chi connectivity index (χ4n) is 2.75. The number of benzene rings is 2. The molecule has 3 rings (SSSR count). The van der Waals surface area contributed by atoms with Crippen molar-refractivity contribution in [3.05, 3.63) is 69.5 Å². The van der Waals surface area contributed by atoms with Gasteiger partial charge >= 0.3 is 5.97 Å². The molecule has 0 radical (unpaired) electrons. The third kappa shape index (κ3) is 3.39. The van der Waals surface area contributed by atoms with Gasteiger partial charge in [-0.05, 0) is 18.2 Å². The molecule has 0 saturated heterocycles. The van der Waals surface area contributed by atoms with Gasteiger partial charge in [0.15, 0.2) is 0 Å². The molecule has 27 heavy (non-hydrogen) atoms. The molecular weight excluding hydrogens is 357 g/mol. The van der Waals surface area contributed by atoms with E-state index >= 15 is 0 Å². The number of rotatable bonds is 3. The van der Waals surface area contributed by atoms with Gasteiger partial charge in [-0.15, -0.1) is 0 Å². The molecule has 0 fully saturated rings. The van der Waals surface area contributed by atoms with Crippen LogP contribution in [0.5, 0.6) is 0 Å². The topological polar surface area (TPSA) is 102 Å². The Hall–Kier alpha value is -3.62. The Morgan fingerprint density at radius 1 is 1.26 bits per heavy atom. The van der Waals surface area contributed by atoms with Crippen LogP contribution in [-0.2, 0) is 14.3 Å². The van der Waals surface area contributed by atoms with Crippen molar-refractivity contribution in [1.29, 1.82) is 0 Å². The van der Waals surface area contributed by atoms with Crippen LogP contribution in [0.4, 0.5) is 15.8 Å². The first-order chi connectivity index (χ1) is 12.8. The smallest absolute Gasteiger partial charge is 0.305 e. The second-order valence-electron chi connectivity index (χ2n) is 5.78. The van der Waals surface area contributed by atoms with Crippen molar-refractivity contribution in [3.8, 4) is 0 Å². The van der Waals surface area contributed by atoms with Crippen LogP contribution in [0.2, 0.25) is 0 Å². The molecule has 1 heterocycles. The molecule has 1 aliphatic rings. The first-order valence-corrected chi connectivity index (χ1v) is 7.86. The Balaban J connectivity index is 2.31. The zero-order valence-corrected chi connectivity index (χ0v) is 14.4. The molecule has 0 bridgehead atoms. The van der Waals surface area contributed by atoms with Gasteiger partial charge in [0.2, 0.25) is 0 Å². The SMILES string of the molecule is CC(=O)OC1N=C(c2ccccc2F)c2cc([N+](=O)[O-])ccc2N(C)C1=O. The summed E-state index contributed by atoms with van der Waals surface area (Å²) in [5.74, 6) is -2.03. The molecule has 2 aromatic rings. The van der Waals surface area contributed by atoms with Gasteiger partial charge in [-0.25, -0.2) is 9.38 Å². The van der Waals surface area contributed by atoms with E-state index in [1.54, 1.807) is 6.07 Å². The zero-order valence-electron chi connectivity index (χ0n) is 14.4. The molecule has 1 atom stereocenters. The number of nitrogens with zero attached hydrogens (tertiary/aromatic N) is 3. The molecule has 8 nitrogen and oxygen atoms in total. The highest BCUT2D eigenvalue weighted by Crippen LogP contribution is 2.31. The molecule has 0 aromatic heterocycles. The van der Waals surface area contributed by atoms with Crippen molar-refractivity contribution >= 4 is 29.0 Å². The van der Waals surface area contributed by atoms with E-state index in [0.717, 1.165) is 6.92 Å². The number of esters is 1. The van der Waals surface area contributed by atoms with Gasteiger partial charge in [-0.2, -0.15) is 0 Å². The number of ether oxygens (including phenoxy) is 1. The molecule has 0 aliphatic carbocycles. The lowest BCUT2D eigenvalue weighted by Gasteiger charge is -2.19. The summed E-state index contributed by atoms with van der Waals surface area (Å²) >= 11 is 0. The van der Waals surface area contributed by atoms with E-state index in [9.17, 15) is 24.1 Å². The van der Waals surface area contributed by atoms with E-state index in [1.165, 1.54) is 48.3 Å². The summed E-state index contributed by atoms with van der Waals surface area (Å²) in [7, 11) is 1.42. The van der Waals surface area contributed by atoms with E-state index in [1.807, 2.05) is 0 Å². The number of non-ortho nitro benzene ring substituents is 1. The lowest BCUT2D eigenvalue weighted by atomic mass is 9.99. The largest absolute Gasteiger partial charge is 0.430 e. The number of likely N-dealkylation sites (N-methyl/N-ethyl adjacent to an activating group) is 1. The van der Waals surface area contributed by atoms with Crippen LogP contribution in [0, 0.1) is 15.9 Å². The van der Waals surface area contributed by atoms with Crippen molar-refractivity contribution in [2.24, 2.45) is 4.99 Å². The van der Waals surface area contributed by atoms with Crippen molar-refractivity contribution in [3.63, 3.8) is 0 Å². The molecule has 1 amide bonds. The first-order valence-electron chi connectivity index (χ1n) is 7.86. The summed E-state index contributed by atoms with van der Waals surface area (Å²) in [6.07, 6.45) is -1.53. The van der Waals surface area contributed by atoms with E-state index in [0.29, 0.717) is 0 Å². The van der Waals surface area contributed by atoms with Gasteiger partial charge in [0.05, 0.1) is 16.3 Å². The van der Waals surface area contributed by atoms with Gasteiger partial charge < -0.3 is 9.64 Å². The van der Waals surface area contributed by atoms with Crippen molar-refractivity contribution in [2.45, 2.75) is 13.2 Å². The number of carbonyl (C=O) groups is 2. The number of amides is 1. The molecule has 0 N–H and O–H groups in total. The number of anilines is 1. The number of hydrogen-bond donors (Lipinski definition) is 0. The lowest BCUT2D eigenvalue weighted by molar-refractivity contribution is -0.384. The van der Waals surface area contributed by atoms with Crippen LogP contribution >= 0.6 is 0 Å². The highest BCUT2D eigenvalue weighted by molar-refractivity contribution is 6.20. The average molecular weight is 371 g/mol. The van der Waals surface area contributed by atoms with E-state index in [2.05, 4.69) is 4.99 Å². The third-order valence-corrected chi connectivity index (χ3v) is 4.00. The molecular formula is C18H14FN3O5. The number of carbonyl (C=O) groups excluding carboxylic acids is 2. The predicted molar refractivity (Wildman–Crippen MR) is 94.1 cm³/mol. The predicted octanol–water partition coefficient (Wildman–Crippen LogP) is 2.44. The molecule has 1 aliphatic heterocycles. The quantitative estimate of drug-likeness (QED) is 0.468. The van der Waals surface area contributed by atoms with Gasteiger partial charge in [-0.3, -0.25) is 19.7 Å². The maximum absolute atomic E-state index is 14.4. The highest BCUT2D eigenvalue weighted by atomic mass is 19.1. The van der Waals surface area contributed by atoms with Crippen LogP contribution in [0.25, 0.3) is 0 Å². The Morgan fingerprint density at radius 2 is 1.96 bits per heavy atom. The Bertz CT molecular complexity index is 989. The van der Waals surface area contributed by atoms with Gasteiger partial charge in [0.1, 0.15) is 5.82 Å². The minimum atomic E-state index is -1.53. The fraction of sp³-hybridized carbons (Fsp3) is 0.167. The van der Waals surface area contributed by atoms with Gasteiger partial charge in [0.25, 0.3) is 17.8 Å². The third-order valence-electron chi connectivity index (χ3n) is 4.00. The van der Waals surface area contributed by atoms with Gasteiger partial charge in [-0.1, -0.05) is 12.1 Å². The Kier molecular flexibility index (Phi) is 4.68. The van der Waals surface area contributed by atoms with Gasteiger partial charge in [0, 0.05) is 37.2 Å². The second kappa shape index (κ2) is 6.94. The molecule has 0 saturated carbocycles. The van der Waals surface area contributed by atoms with Crippen LogP contribution in [0.15, 0.2) is 47.5 Å². The number of benzodiazepines with no additional fused rings is 1. The Labute approximate surface area is 153 Å². The summed E-state index contributed by atoms with van der Waals surface area (Å²) in [5.41, 5.74) is 0.224. The first kappa shape index (κ1) is 18.2. The van der Waals surface area contributed by atoms with E-state index in [4.69, 9.17) is 4.74 Å². The second-order valence-corrected chi connectivity index (χ2v) is 5.78. The standard InChI is InChI=1S/C18H14FN3O5/c1-10(23)27-17-18(24)21(2)15-8-7-11(22(25)26)9-13(15)16(20-17)12-5-3-4-6-14(12)19/h3-9,17H,1-2H3. The fourth-order valence-corrected chi connectivity index (χ4v) is 2.75. The minimum Gasteiger partial charge on any atom is -0.430 e. The average Bonchev–Trinajstić information content (AvgIpc) is 2.72. The highest BCUT2D eigenvalue weighted by Gasteiger charge is 2.33. The summed E-state index contributed by atoms with van der Waals surface area (Å²) in [5, 5.41) is 11.2. The molecule has 9 heteroatoms. The minimum absolute atomic E-state index is 0.0178. The normalized spacial score (nSPS) is 16.3. The number of nitro groups is 1. The summed E-state index contributed by atoms with van der Waals surface area (Å²) in [6.45, 7) is 1.12. The van der Waals surface area contributed by atoms with Crippen LogP contribution in [0.3, 0.4) is 0 Å². The lowest BCUT2D eigenvalue weighted by Crippen LogP contribution is -2.37. The number of fused-ring (bicyclic) bond motifs is 1. The number of halogens is 1. The summed E-state index contributed by atoms with van der Waals surface area (Å²) in [4.78, 5) is 39.9. The Morgan fingerprint density at radius 3 is 2.59 bits per heavy atom. The van der Waals surface area contributed by atoms with Crippen LogP contribution in [-0.4, -0.2) is 35.8 Å². The van der Waals surface area contributed by atoms with E-state index < -0.39 is 28.8 Å². The molecule has 138 valence electrons. The maximum atomic E-state index is 14.4. The number of nitro benzene ring substituents is 1. The molecule has 0 spiro atoms. The van der Waals surface area contributed by atoms with Crippen LogP contribution in [0.1, 0.15) is 18.1 Å². The molecule has 2 aromatic carbocycles. The van der Waals surface area contributed by atoms with Crippen molar-refractivity contribution in [1.82, 2.24) is 0 Å². The maximum Gasteiger partial charge on any atom is 0.305 e. The van der Waals surface area contributed by atoms with Crippen molar-refractivity contribution < 1.29 is 23.6 Å². The van der Waals surface area contributed by atoms with E-state index in [-0.39, 0.29) is 28.2 Å². The zero-order chi connectivity index (χ0) is 19.7. The number of aliphatic imine (C=N–C) groups is 1. The summed E-state index contributed by atoms with van der Waals surface area (Å²) in [6, 6.07) is 9.48. The summed E-state index contributed by atoms with van der Waals surface area (Å²) < 4.78 is 19.4. The van der Waals surface area contributed by atoms with Crippen molar-refractivity contribution in [2.75, 3.05) is 11.9 Å². The van der Waals surface area contributed by atoms with Crippen LogP contribution < -0.4 is 4.90 Å². The monoisotopic (exact) mass is 371 g/mol. The molecule has 1 unspecified atom stereocenters.